The molecule has 0 heterocycles. The Hall–Kier alpha value is -0.830. The van der Waals surface area contributed by atoms with Crippen molar-refractivity contribution in [3.8, 4) is 0 Å². The van der Waals surface area contributed by atoms with Crippen molar-refractivity contribution in [3.05, 3.63) is 33.8 Å². The van der Waals surface area contributed by atoms with Gasteiger partial charge in [-0.25, -0.2) is 0 Å². The Morgan fingerprint density at radius 3 is 2.39 bits per heavy atom. The van der Waals surface area contributed by atoms with Crippen LogP contribution in [0.15, 0.2) is 22.7 Å². The van der Waals surface area contributed by atoms with Crippen molar-refractivity contribution in [1.82, 2.24) is 5.32 Å². The van der Waals surface area contributed by atoms with E-state index in [0.717, 1.165) is 4.47 Å². The lowest BCUT2D eigenvalue weighted by Gasteiger charge is -2.27. The molecule has 1 amide bonds. The van der Waals surface area contributed by atoms with E-state index in [0.29, 0.717) is 6.54 Å². The number of halogens is 1. The highest BCUT2D eigenvalue weighted by Gasteiger charge is 2.23. The van der Waals surface area contributed by atoms with Gasteiger partial charge in [0.05, 0.1) is 0 Å². The van der Waals surface area contributed by atoms with E-state index in [2.05, 4.69) is 54.2 Å². The SMILES string of the molecule is CC.CC(=O)NCC(C)(C)c1cccc(C)c1Br. The highest BCUT2D eigenvalue weighted by Crippen LogP contribution is 2.31. The molecular weight excluding hydrogens is 290 g/mol. The summed E-state index contributed by atoms with van der Waals surface area (Å²) < 4.78 is 1.13. The Morgan fingerprint density at radius 1 is 1.33 bits per heavy atom. The van der Waals surface area contributed by atoms with E-state index in [9.17, 15) is 4.79 Å². The van der Waals surface area contributed by atoms with Gasteiger partial charge in [0.25, 0.3) is 0 Å². The van der Waals surface area contributed by atoms with Gasteiger partial charge >= 0.3 is 0 Å². The van der Waals surface area contributed by atoms with Gasteiger partial charge in [-0.05, 0) is 18.1 Å². The van der Waals surface area contributed by atoms with Gasteiger partial charge in [0.1, 0.15) is 0 Å². The van der Waals surface area contributed by atoms with Gasteiger partial charge in [-0.2, -0.15) is 0 Å². The molecule has 102 valence electrons. The first-order valence-electron chi connectivity index (χ1n) is 6.34. The number of carbonyl (C=O) groups is 1. The number of benzene rings is 1. The second-order valence-electron chi connectivity index (χ2n) is 4.73. The van der Waals surface area contributed by atoms with E-state index in [-0.39, 0.29) is 11.3 Å². The predicted octanol–water partition coefficient (Wildman–Crippen LogP) is 4.20. The fourth-order valence-electron chi connectivity index (χ4n) is 1.61. The molecule has 0 aliphatic carbocycles. The standard InChI is InChI=1S/C13H18BrNO.C2H6/c1-9-6-5-7-11(12(9)14)13(3,4)8-15-10(2)16;1-2/h5-7H,8H2,1-4H3,(H,15,16);1-2H3. The van der Waals surface area contributed by atoms with Crippen LogP contribution in [0.25, 0.3) is 0 Å². The number of hydrogen-bond acceptors (Lipinski definition) is 1. The first kappa shape index (κ1) is 17.2. The molecule has 0 radical (unpaired) electrons. The largest absolute Gasteiger partial charge is 0.355 e. The number of carbonyl (C=O) groups excluding carboxylic acids is 1. The van der Waals surface area contributed by atoms with Gasteiger partial charge in [0.15, 0.2) is 0 Å². The summed E-state index contributed by atoms with van der Waals surface area (Å²) in [6.07, 6.45) is 0. The number of nitrogens with one attached hydrogen (secondary N) is 1. The number of rotatable bonds is 3. The Kier molecular flexibility index (Phi) is 7.22. The predicted molar refractivity (Wildman–Crippen MR) is 81.9 cm³/mol. The van der Waals surface area contributed by atoms with Gasteiger partial charge < -0.3 is 5.32 Å². The first-order valence-corrected chi connectivity index (χ1v) is 7.14. The topological polar surface area (TPSA) is 29.1 Å². The van der Waals surface area contributed by atoms with E-state index in [1.165, 1.54) is 11.1 Å². The van der Waals surface area contributed by atoms with E-state index >= 15 is 0 Å². The van der Waals surface area contributed by atoms with Crippen LogP contribution in [0.2, 0.25) is 0 Å². The zero-order chi connectivity index (χ0) is 14.3. The van der Waals surface area contributed by atoms with Crippen LogP contribution >= 0.6 is 15.9 Å². The quantitative estimate of drug-likeness (QED) is 0.890. The fraction of sp³-hybridized carbons (Fsp3) is 0.533. The van der Waals surface area contributed by atoms with Crippen molar-refractivity contribution in [2.45, 2.75) is 47.0 Å². The highest BCUT2D eigenvalue weighted by atomic mass is 79.9. The Bertz CT molecular complexity index is 399. The molecule has 1 N–H and O–H groups in total. The summed E-state index contributed by atoms with van der Waals surface area (Å²) in [5, 5.41) is 2.87. The van der Waals surface area contributed by atoms with E-state index in [1.54, 1.807) is 6.92 Å². The molecule has 0 aromatic heterocycles. The van der Waals surface area contributed by atoms with Crippen LogP contribution < -0.4 is 5.32 Å². The minimum Gasteiger partial charge on any atom is -0.355 e. The zero-order valence-electron chi connectivity index (χ0n) is 12.2. The van der Waals surface area contributed by atoms with Crippen molar-refractivity contribution in [2.75, 3.05) is 6.54 Å². The van der Waals surface area contributed by atoms with E-state index < -0.39 is 0 Å². The molecule has 2 nitrogen and oxygen atoms in total. The third-order valence-corrected chi connectivity index (χ3v) is 3.75. The second-order valence-corrected chi connectivity index (χ2v) is 5.52. The molecular formula is C15H24BrNO. The molecule has 1 aromatic carbocycles. The number of amides is 1. The lowest BCUT2D eigenvalue weighted by atomic mass is 9.84. The average molecular weight is 314 g/mol. The summed E-state index contributed by atoms with van der Waals surface area (Å²) in [7, 11) is 0. The lowest BCUT2D eigenvalue weighted by Crippen LogP contribution is -2.35. The molecule has 0 atom stereocenters. The molecule has 0 aliphatic rings. The van der Waals surface area contributed by atoms with E-state index in [1.807, 2.05) is 19.9 Å². The molecule has 0 spiro atoms. The van der Waals surface area contributed by atoms with Gasteiger partial charge in [0.2, 0.25) is 5.91 Å². The summed E-state index contributed by atoms with van der Waals surface area (Å²) in [6.45, 7) is 12.5. The molecule has 1 aromatic rings. The van der Waals surface area contributed by atoms with Crippen molar-refractivity contribution in [3.63, 3.8) is 0 Å². The first-order chi connectivity index (χ1) is 8.34. The van der Waals surface area contributed by atoms with Crippen molar-refractivity contribution < 1.29 is 4.79 Å². The lowest BCUT2D eigenvalue weighted by molar-refractivity contribution is -0.119. The summed E-state index contributed by atoms with van der Waals surface area (Å²) >= 11 is 3.61. The molecule has 0 bridgehead atoms. The number of hydrogen-bond donors (Lipinski definition) is 1. The number of aryl methyl sites for hydroxylation is 1. The highest BCUT2D eigenvalue weighted by molar-refractivity contribution is 9.10. The van der Waals surface area contributed by atoms with Crippen LogP contribution in [-0.4, -0.2) is 12.5 Å². The Morgan fingerprint density at radius 2 is 1.89 bits per heavy atom. The fourth-order valence-corrected chi connectivity index (χ4v) is 2.41. The smallest absolute Gasteiger partial charge is 0.216 e. The van der Waals surface area contributed by atoms with Gasteiger partial charge in [-0.15, -0.1) is 0 Å². The summed E-state index contributed by atoms with van der Waals surface area (Å²) in [4.78, 5) is 11.0. The van der Waals surface area contributed by atoms with Gasteiger partial charge in [-0.3, -0.25) is 4.79 Å². The molecule has 18 heavy (non-hydrogen) atoms. The molecule has 0 saturated heterocycles. The summed E-state index contributed by atoms with van der Waals surface area (Å²) in [5.74, 6) is 0.0110. The third kappa shape index (κ3) is 4.81. The summed E-state index contributed by atoms with van der Waals surface area (Å²) in [5.41, 5.74) is 2.37. The average Bonchev–Trinajstić information content (AvgIpc) is 2.33. The summed E-state index contributed by atoms with van der Waals surface area (Å²) in [6, 6.07) is 6.21. The van der Waals surface area contributed by atoms with E-state index in [4.69, 9.17) is 0 Å². The van der Waals surface area contributed by atoms with Crippen LogP contribution in [0.3, 0.4) is 0 Å². The molecule has 0 saturated carbocycles. The monoisotopic (exact) mass is 313 g/mol. The van der Waals surface area contributed by atoms with Crippen LogP contribution in [0, 0.1) is 6.92 Å². The molecule has 0 fully saturated rings. The maximum atomic E-state index is 11.0. The maximum absolute atomic E-state index is 11.0. The molecule has 1 rings (SSSR count). The maximum Gasteiger partial charge on any atom is 0.216 e. The second kappa shape index (κ2) is 7.57. The third-order valence-electron chi connectivity index (χ3n) is 2.70. The van der Waals surface area contributed by atoms with Crippen LogP contribution in [-0.2, 0) is 10.2 Å². The minimum atomic E-state index is -0.0729. The Balaban J connectivity index is 0.00000137. The van der Waals surface area contributed by atoms with Crippen LogP contribution in [0.5, 0.6) is 0 Å². The van der Waals surface area contributed by atoms with Crippen molar-refractivity contribution in [1.29, 1.82) is 0 Å². The van der Waals surface area contributed by atoms with Crippen molar-refractivity contribution in [2.24, 2.45) is 0 Å². The zero-order valence-corrected chi connectivity index (χ0v) is 13.8. The van der Waals surface area contributed by atoms with Crippen LogP contribution in [0.1, 0.15) is 45.7 Å². The van der Waals surface area contributed by atoms with Gasteiger partial charge in [0, 0.05) is 23.4 Å². The van der Waals surface area contributed by atoms with Crippen molar-refractivity contribution >= 4 is 21.8 Å². The molecule has 3 heteroatoms. The minimum absolute atomic E-state index is 0.0110. The van der Waals surface area contributed by atoms with Gasteiger partial charge in [-0.1, -0.05) is 61.8 Å². The molecule has 0 unspecified atom stereocenters. The molecule has 0 aliphatic heterocycles. The Labute approximate surface area is 119 Å². The normalized spacial score (nSPS) is 10.4. The van der Waals surface area contributed by atoms with Crippen LogP contribution in [0.4, 0.5) is 0 Å².